The number of amides is 1. The zero-order valence-electron chi connectivity index (χ0n) is 14.3. The predicted octanol–water partition coefficient (Wildman–Crippen LogP) is 4.10. The molecule has 0 aromatic heterocycles. The van der Waals surface area contributed by atoms with Crippen LogP contribution in [0.4, 0.5) is 0 Å². The SMILES string of the molecule is CCCCCCCCCC(=O)/C=C1\NC(=O)[C@H]([C@@H](C)CC)O1. The Morgan fingerprint density at radius 2 is 1.82 bits per heavy atom. The first kappa shape index (κ1) is 18.7. The Kier molecular flexibility index (Phi) is 8.86. The van der Waals surface area contributed by atoms with Crippen LogP contribution in [0.15, 0.2) is 12.0 Å². The van der Waals surface area contributed by atoms with Crippen LogP contribution in [0, 0.1) is 5.92 Å². The molecule has 1 fully saturated rings. The summed E-state index contributed by atoms with van der Waals surface area (Å²) in [7, 11) is 0. The molecule has 0 spiro atoms. The summed E-state index contributed by atoms with van der Waals surface area (Å²) in [5, 5.41) is 2.65. The van der Waals surface area contributed by atoms with E-state index in [1.165, 1.54) is 38.2 Å². The lowest BCUT2D eigenvalue weighted by Gasteiger charge is -2.13. The Hall–Kier alpha value is -1.32. The number of nitrogens with one attached hydrogen (secondary N) is 1. The second-order valence-electron chi connectivity index (χ2n) is 6.26. The standard InChI is InChI=1S/C18H31NO3/c1-4-6-7-8-9-10-11-12-15(20)13-16-19-18(21)17(22-16)14(3)5-2/h13-14,17H,4-12H2,1-3H3,(H,19,21)/b16-13+/t14-,17-/m0/s1. The largest absolute Gasteiger partial charge is 0.465 e. The molecule has 1 aliphatic heterocycles. The third-order valence-corrected chi connectivity index (χ3v) is 4.24. The van der Waals surface area contributed by atoms with Gasteiger partial charge in [-0.3, -0.25) is 14.9 Å². The summed E-state index contributed by atoms with van der Waals surface area (Å²) in [4.78, 5) is 23.6. The lowest BCUT2D eigenvalue weighted by Crippen LogP contribution is -2.28. The number of hydrogen-bond acceptors (Lipinski definition) is 3. The van der Waals surface area contributed by atoms with Crippen molar-refractivity contribution >= 4 is 11.7 Å². The quantitative estimate of drug-likeness (QED) is 0.462. The summed E-state index contributed by atoms with van der Waals surface area (Å²) in [5.41, 5.74) is 0. The maximum atomic E-state index is 11.9. The normalized spacial score (nSPS) is 20.8. The van der Waals surface area contributed by atoms with Gasteiger partial charge in [-0.1, -0.05) is 59.3 Å². The topological polar surface area (TPSA) is 55.4 Å². The minimum Gasteiger partial charge on any atom is -0.465 e. The van der Waals surface area contributed by atoms with E-state index in [0.29, 0.717) is 12.3 Å². The van der Waals surface area contributed by atoms with Gasteiger partial charge in [0.1, 0.15) is 0 Å². The van der Waals surface area contributed by atoms with Crippen molar-refractivity contribution < 1.29 is 14.3 Å². The summed E-state index contributed by atoms with van der Waals surface area (Å²) in [6.07, 6.45) is 10.7. The number of unbranched alkanes of at least 4 members (excludes halogenated alkanes) is 6. The van der Waals surface area contributed by atoms with E-state index in [9.17, 15) is 9.59 Å². The average molecular weight is 309 g/mol. The van der Waals surface area contributed by atoms with Crippen LogP contribution in [-0.2, 0) is 14.3 Å². The van der Waals surface area contributed by atoms with Crippen LogP contribution in [0.25, 0.3) is 0 Å². The summed E-state index contributed by atoms with van der Waals surface area (Å²) in [6.45, 7) is 6.21. The molecule has 1 saturated heterocycles. The number of carbonyl (C=O) groups excluding carboxylic acids is 2. The number of carbonyl (C=O) groups is 2. The highest BCUT2D eigenvalue weighted by Crippen LogP contribution is 2.20. The summed E-state index contributed by atoms with van der Waals surface area (Å²) >= 11 is 0. The van der Waals surface area contributed by atoms with Gasteiger partial charge in [0, 0.05) is 18.4 Å². The molecule has 0 aliphatic carbocycles. The second-order valence-corrected chi connectivity index (χ2v) is 6.26. The summed E-state index contributed by atoms with van der Waals surface area (Å²) in [5.74, 6) is 0.380. The molecule has 1 amide bonds. The predicted molar refractivity (Wildman–Crippen MR) is 88.2 cm³/mol. The molecule has 1 rings (SSSR count). The van der Waals surface area contributed by atoms with Gasteiger partial charge in [-0.2, -0.15) is 0 Å². The monoisotopic (exact) mass is 309 g/mol. The maximum Gasteiger partial charge on any atom is 0.268 e. The number of allylic oxidation sites excluding steroid dienone is 1. The Morgan fingerprint density at radius 3 is 2.45 bits per heavy atom. The van der Waals surface area contributed by atoms with Gasteiger partial charge >= 0.3 is 0 Å². The van der Waals surface area contributed by atoms with E-state index in [2.05, 4.69) is 12.2 Å². The maximum absolute atomic E-state index is 11.9. The van der Waals surface area contributed by atoms with Crippen LogP contribution in [0.1, 0.15) is 78.6 Å². The lowest BCUT2D eigenvalue weighted by atomic mass is 10.0. The number of hydrogen-bond donors (Lipinski definition) is 1. The van der Waals surface area contributed by atoms with Crippen molar-refractivity contribution in [1.82, 2.24) is 5.32 Å². The van der Waals surface area contributed by atoms with Crippen LogP contribution in [0.3, 0.4) is 0 Å². The van der Waals surface area contributed by atoms with Crippen molar-refractivity contribution in [3.63, 3.8) is 0 Å². The van der Waals surface area contributed by atoms with Crippen LogP contribution in [-0.4, -0.2) is 17.8 Å². The number of rotatable bonds is 11. The van der Waals surface area contributed by atoms with Crippen molar-refractivity contribution in [3.8, 4) is 0 Å². The molecular formula is C18H31NO3. The highest BCUT2D eigenvalue weighted by Gasteiger charge is 2.33. The van der Waals surface area contributed by atoms with Gasteiger partial charge in [0.05, 0.1) is 0 Å². The molecule has 22 heavy (non-hydrogen) atoms. The highest BCUT2D eigenvalue weighted by atomic mass is 16.5. The van der Waals surface area contributed by atoms with Gasteiger partial charge in [0.25, 0.3) is 5.91 Å². The van der Waals surface area contributed by atoms with Crippen molar-refractivity contribution in [2.75, 3.05) is 0 Å². The first-order valence-electron chi connectivity index (χ1n) is 8.80. The van der Waals surface area contributed by atoms with E-state index in [-0.39, 0.29) is 17.6 Å². The van der Waals surface area contributed by atoms with E-state index < -0.39 is 6.10 Å². The molecule has 0 aromatic carbocycles. The fourth-order valence-corrected chi connectivity index (χ4v) is 2.55. The van der Waals surface area contributed by atoms with Crippen LogP contribution in [0.2, 0.25) is 0 Å². The molecular weight excluding hydrogens is 278 g/mol. The van der Waals surface area contributed by atoms with E-state index in [0.717, 1.165) is 19.3 Å². The van der Waals surface area contributed by atoms with E-state index >= 15 is 0 Å². The Balaban J connectivity index is 2.23. The van der Waals surface area contributed by atoms with Crippen molar-refractivity contribution in [3.05, 3.63) is 12.0 Å². The molecule has 4 heteroatoms. The molecule has 1 heterocycles. The molecule has 0 aromatic rings. The molecule has 126 valence electrons. The fourth-order valence-electron chi connectivity index (χ4n) is 2.55. The Bertz CT molecular complexity index is 390. The zero-order chi connectivity index (χ0) is 16.4. The molecule has 1 aliphatic rings. The second kappa shape index (κ2) is 10.4. The first-order chi connectivity index (χ1) is 10.6. The molecule has 2 atom stereocenters. The van der Waals surface area contributed by atoms with Gasteiger partial charge in [0.2, 0.25) is 0 Å². The van der Waals surface area contributed by atoms with E-state index in [1.807, 2.05) is 13.8 Å². The third kappa shape index (κ3) is 6.63. The minimum atomic E-state index is -0.456. The van der Waals surface area contributed by atoms with Crippen LogP contribution in [0.5, 0.6) is 0 Å². The van der Waals surface area contributed by atoms with E-state index in [4.69, 9.17) is 4.74 Å². The minimum absolute atomic E-state index is 0.0358. The lowest BCUT2D eigenvalue weighted by molar-refractivity contribution is -0.125. The van der Waals surface area contributed by atoms with Gasteiger partial charge in [-0.25, -0.2) is 0 Å². The number of ether oxygens (including phenoxy) is 1. The van der Waals surface area contributed by atoms with Crippen LogP contribution >= 0.6 is 0 Å². The van der Waals surface area contributed by atoms with Crippen molar-refractivity contribution in [2.45, 2.75) is 84.7 Å². The molecule has 0 unspecified atom stereocenters. The third-order valence-electron chi connectivity index (χ3n) is 4.24. The Morgan fingerprint density at radius 1 is 1.18 bits per heavy atom. The van der Waals surface area contributed by atoms with Gasteiger partial charge < -0.3 is 4.74 Å². The van der Waals surface area contributed by atoms with Crippen molar-refractivity contribution in [2.24, 2.45) is 5.92 Å². The molecule has 0 radical (unpaired) electrons. The first-order valence-corrected chi connectivity index (χ1v) is 8.80. The summed E-state index contributed by atoms with van der Waals surface area (Å²) in [6, 6.07) is 0. The highest BCUT2D eigenvalue weighted by molar-refractivity contribution is 5.92. The molecule has 1 N–H and O–H groups in total. The summed E-state index contributed by atoms with van der Waals surface area (Å²) < 4.78 is 5.55. The fraction of sp³-hybridized carbons (Fsp3) is 0.778. The zero-order valence-corrected chi connectivity index (χ0v) is 14.3. The Labute approximate surface area is 134 Å². The average Bonchev–Trinajstić information content (AvgIpc) is 2.86. The molecule has 4 nitrogen and oxygen atoms in total. The molecule has 0 saturated carbocycles. The van der Waals surface area contributed by atoms with Gasteiger partial charge in [-0.05, 0) is 12.8 Å². The number of ketones is 1. The molecule has 0 bridgehead atoms. The van der Waals surface area contributed by atoms with Gasteiger partial charge in [-0.15, -0.1) is 0 Å². The smallest absolute Gasteiger partial charge is 0.268 e. The van der Waals surface area contributed by atoms with Crippen molar-refractivity contribution in [1.29, 1.82) is 0 Å². The van der Waals surface area contributed by atoms with Crippen LogP contribution < -0.4 is 5.32 Å². The van der Waals surface area contributed by atoms with Gasteiger partial charge in [0.15, 0.2) is 17.8 Å². The van der Waals surface area contributed by atoms with E-state index in [1.54, 1.807) is 0 Å².